The van der Waals surface area contributed by atoms with Crippen molar-refractivity contribution in [2.75, 3.05) is 19.8 Å². The van der Waals surface area contributed by atoms with Gasteiger partial charge in [0.05, 0.1) is 12.7 Å². The normalized spacial score (nSPS) is 15.4. The van der Waals surface area contributed by atoms with Crippen molar-refractivity contribution < 1.29 is 14.6 Å². The van der Waals surface area contributed by atoms with Crippen LogP contribution in [-0.2, 0) is 11.2 Å². The number of benzene rings is 1. The zero-order valence-corrected chi connectivity index (χ0v) is 10.3. The minimum atomic E-state index is -0.486. The van der Waals surface area contributed by atoms with Crippen LogP contribution in [0.2, 0.25) is 0 Å². The second-order valence-electron chi connectivity index (χ2n) is 4.35. The summed E-state index contributed by atoms with van der Waals surface area (Å²) in [5.74, 6) is 0.885. The Morgan fingerprint density at radius 3 is 3.12 bits per heavy atom. The lowest BCUT2D eigenvalue weighted by Gasteiger charge is -2.14. The number of hydrogen-bond acceptors (Lipinski definition) is 3. The summed E-state index contributed by atoms with van der Waals surface area (Å²) in [4.78, 5) is 0. The topological polar surface area (TPSA) is 38.7 Å². The van der Waals surface area contributed by atoms with Crippen LogP contribution >= 0.6 is 0 Å². The van der Waals surface area contributed by atoms with Gasteiger partial charge in [-0.05, 0) is 12.0 Å². The maximum atomic E-state index is 10.1. The number of rotatable bonds is 6. The third kappa shape index (κ3) is 2.99. The quantitative estimate of drug-likeness (QED) is 0.771. The maximum absolute atomic E-state index is 10.1. The van der Waals surface area contributed by atoms with Gasteiger partial charge >= 0.3 is 0 Å². The first-order chi connectivity index (χ1) is 8.33. The highest BCUT2D eigenvalue weighted by molar-refractivity contribution is 5.45. The summed E-state index contributed by atoms with van der Waals surface area (Å²) in [5, 5.41) is 10.1. The van der Waals surface area contributed by atoms with E-state index in [2.05, 4.69) is 13.0 Å². The molecule has 0 spiro atoms. The van der Waals surface area contributed by atoms with Gasteiger partial charge in [0.2, 0.25) is 0 Å². The van der Waals surface area contributed by atoms with E-state index >= 15 is 0 Å². The molecule has 0 saturated heterocycles. The van der Waals surface area contributed by atoms with E-state index in [-0.39, 0.29) is 0 Å². The summed E-state index contributed by atoms with van der Waals surface area (Å²) in [5.41, 5.74) is 2.11. The third-order valence-electron chi connectivity index (χ3n) is 2.99. The lowest BCUT2D eigenvalue weighted by molar-refractivity contribution is 0.0810. The van der Waals surface area contributed by atoms with Gasteiger partial charge < -0.3 is 14.6 Å². The van der Waals surface area contributed by atoms with E-state index in [1.165, 1.54) is 5.56 Å². The molecule has 0 fully saturated rings. The van der Waals surface area contributed by atoms with E-state index in [1.54, 1.807) is 0 Å². The summed E-state index contributed by atoms with van der Waals surface area (Å²) in [7, 11) is 0. The molecule has 0 saturated carbocycles. The molecule has 3 nitrogen and oxygen atoms in total. The standard InChI is InChI=1S/C14H20O3/c1-2-8-16-9-7-13(15)12-5-3-4-11-6-10-17-14(11)12/h3-5,13,15H,2,6-10H2,1H3. The van der Waals surface area contributed by atoms with E-state index in [9.17, 15) is 5.11 Å². The van der Waals surface area contributed by atoms with E-state index in [4.69, 9.17) is 9.47 Å². The average molecular weight is 236 g/mol. The van der Waals surface area contributed by atoms with Gasteiger partial charge in [-0.1, -0.05) is 25.1 Å². The average Bonchev–Trinajstić information content (AvgIpc) is 2.82. The summed E-state index contributed by atoms with van der Waals surface area (Å²) in [6.07, 6.45) is 2.10. The molecule has 3 heteroatoms. The van der Waals surface area contributed by atoms with E-state index in [0.29, 0.717) is 13.0 Å². The van der Waals surface area contributed by atoms with Crippen LogP contribution in [0.5, 0.6) is 5.75 Å². The Morgan fingerprint density at radius 1 is 1.41 bits per heavy atom. The molecule has 94 valence electrons. The minimum absolute atomic E-state index is 0.486. The van der Waals surface area contributed by atoms with Crippen LogP contribution in [0.15, 0.2) is 18.2 Å². The molecule has 1 aliphatic rings. The fourth-order valence-electron chi connectivity index (χ4n) is 2.10. The number of aliphatic hydroxyl groups excluding tert-OH is 1. The van der Waals surface area contributed by atoms with Crippen LogP contribution in [-0.4, -0.2) is 24.9 Å². The first-order valence-corrected chi connectivity index (χ1v) is 6.33. The molecule has 0 radical (unpaired) electrons. The van der Waals surface area contributed by atoms with E-state index in [0.717, 1.165) is 37.4 Å². The van der Waals surface area contributed by atoms with Crippen LogP contribution in [0, 0.1) is 0 Å². The van der Waals surface area contributed by atoms with Gasteiger partial charge in [-0.3, -0.25) is 0 Å². The maximum Gasteiger partial charge on any atom is 0.128 e. The van der Waals surface area contributed by atoms with Crippen LogP contribution in [0.4, 0.5) is 0 Å². The van der Waals surface area contributed by atoms with Gasteiger partial charge in [-0.15, -0.1) is 0 Å². The van der Waals surface area contributed by atoms with Crippen molar-refractivity contribution in [3.8, 4) is 5.75 Å². The predicted molar refractivity (Wildman–Crippen MR) is 66.3 cm³/mol. The van der Waals surface area contributed by atoms with Gasteiger partial charge in [-0.2, -0.15) is 0 Å². The van der Waals surface area contributed by atoms with Crippen LogP contribution in [0.25, 0.3) is 0 Å². The zero-order valence-electron chi connectivity index (χ0n) is 10.3. The van der Waals surface area contributed by atoms with Gasteiger partial charge in [0.15, 0.2) is 0 Å². The van der Waals surface area contributed by atoms with Crippen molar-refractivity contribution in [1.82, 2.24) is 0 Å². The Bertz CT molecular complexity index is 362. The molecule has 1 aromatic rings. The van der Waals surface area contributed by atoms with Crippen molar-refractivity contribution in [3.05, 3.63) is 29.3 Å². The smallest absolute Gasteiger partial charge is 0.128 e. The molecule has 0 aromatic heterocycles. The molecule has 0 aliphatic carbocycles. The molecule has 17 heavy (non-hydrogen) atoms. The monoisotopic (exact) mass is 236 g/mol. The van der Waals surface area contributed by atoms with Crippen molar-refractivity contribution >= 4 is 0 Å². The van der Waals surface area contributed by atoms with Crippen molar-refractivity contribution in [2.24, 2.45) is 0 Å². The second kappa shape index (κ2) is 6.03. The van der Waals surface area contributed by atoms with Gasteiger partial charge in [-0.25, -0.2) is 0 Å². The number of fused-ring (bicyclic) bond motifs is 1. The Labute approximate surface area is 102 Å². The second-order valence-corrected chi connectivity index (χ2v) is 4.35. The van der Waals surface area contributed by atoms with E-state index < -0.39 is 6.10 Å². The van der Waals surface area contributed by atoms with Crippen molar-refractivity contribution in [3.63, 3.8) is 0 Å². The molecule has 1 aromatic carbocycles. The SMILES string of the molecule is CCCOCCC(O)c1cccc2c1OCC2. The lowest BCUT2D eigenvalue weighted by Crippen LogP contribution is -2.05. The number of ether oxygens (including phenoxy) is 2. The lowest BCUT2D eigenvalue weighted by atomic mass is 10.0. The molecular formula is C14H20O3. The molecule has 2 rings (SSSR count). The Balaban J connectivity index is 1.95. The van der Waals surface area contributed by atoms with E-state index in [1.807, 2.05) is 12.1 Å². The number of para-hydroxylation sites is 1. The van der Waals surface area contributed by atoms with Gasteiger partial charge in [0.25, 0.3) is 0 Å². The minimum Gasteiger partial charge on any atom is -0.493 e. The molecule has 1 aliphatic heterocycles. The highest BCUT2D eigenvalue weighted by Gasteiger charge is 2.20. The van der Waals surface area contributed by atoms with Crippen molar-refractivity contribution in [2.45, 2.75) is 32.3 Å². The number of hydrogen-bond donors (Lipinski definition) is 1. The predicted octanol–water partition coefficient (Wildman–Crippen LogP) is 2.47. The fraction of sp³-hybridized carbons (Fsp3) is 0.571. The third-order valence-corrected chi connectivity index (χ3v) is 2.99. The molecule has 1 atom stereocenters. The van der Waals surface area contributed by atoms with Gasteiger partial charge in [0, 0.05) is 31.6 Å². The zero-order chi connectivity index (χ0) is 12.1. The molecule has 1 unspecified atom stereocenters. The van der Waals surface area contributed by atoms with Gasteiger partial charge in [0.1, 0.15) is 5.75 Å². The summed E-state index contributed by atoms with van der Waals surface area (Å²) in [6, 6.07) is 5.99. The molecule has 1 N–H and O–H groups in total. The molecular weight excluding hydrogens is 216 g/mol. The summed E-state index contributed by atoms with van der Waals surface area (Å²) in [6.45, 7) is 4.16. The Morgan fingerprint density at radius 2 is 2.29 bits per heavy atom. The first-order valence-electron chi connectivity index (χ1n) is 6.33. The largest absolute Gasteiger partial charge is 0.493 e. The van der Waals surface area contributed by atoms with Crippen LogP contribution in [0.3, 0.4) is 0 Å². The van der Waals surface area contributed by atoms with Crippen LogP contribution < -0.4 is 4.74 Å². The summed E-state index contributed by atoms with van der Waals surface area (Å²) < 4.78 is 11.0. The Hall–Kier alpha value is -1.06. The number of aliphatic hydroxyl groups is 1. The highest BCUT2D eigenvalue weighted by atomic mass is 16.5. The Kier molecular flexibility index (Phi) is 4.40. The first kappa shape index (κ1) is 12.4. The fourth-order valence-corrected chi connectivity index (χ4v) is 2.10. The summed E-state index contributed by atoms with van der Waals surface area (Å²) >= 11 is 0. The van der Waals surface area contributed by atoms with Crippen molar-refractivity contribution in [1.29, 1.82) is 0 Å². The van der Waals surface area contributed by atoms with Crippen LogP contribution in [0.1, 0.15) is 37.0 Å². The molecule has 0 amide bonds. The molecule has 1 heterocycles. The molecule has 0 bridgehead atoms. The highest BCUT2D eigenvalue weighted by Crippen LogP contribution is 2.34.